The molecule has 4 nitrogen and oxygen atoms in total. The molecule has 0 N–H and O–H groups in total. The Morgan fingerprint density at radius 1 is 1.16 bits per heavy atom. The second-order valence-corrected chi connectivity index (χ2v) is 11.5. The first-order valence-corrected chi connectivity index (χ1v) is 13.2. The van der Waals surface area contributed by atoms with Crippen LogP contribution in [0.25, 0.3) is 6.08 Å². The van der Waals surface area contributed by atoms with Crippen LogP contribution in [0, 0.1) is 17.8 Å². The van der Waals surface area contributed by atoms with Gasteiger partial charge in [0.1, 0.15) is 0 Å². The summed E-state index contributed by atoms with van der Waals surface area (Å²) in [5.41, 5.74) is 2.46. The zero-order valence-corrected chi connectivity index (χ0v) is 20.0. The number of carbonyl (C=O) groups excluding carboxylic acids is 1. The first-order chi connectivity index (χ1) is 15.1. The van der Waals surface area contributed by atoms with Gasteiger partial charge in [-0.2, -0.15) is 5.10 Å². The van der Waals surface area contributed by atoms with Crippen molar-refractivity contribution < 1.29 is 4.79 Å². The van der Waals surface area contributed by atoms with Gasteiger partial charge in [0.2, 0.25) is 0 Å². The van der Waals surface area contributed by atoms with E-state index in [0.717, 1.165) is 38.1 Å². The molecule has 1 aliphatic carbocycles. The van der Waals surface area contributed by atoms with Crippen LogP contribution in [0.5, 0.6) is 0 Å². The number of piperidine rings is 1. The van der Waals surface area contributed by atoms with Crippen molar-refractivity contribution in [1.82, 2.24) is 9.91 Å². The van der Waals surface area contributed by atoms with Crippen LogP contribution in [0.2, 0.25) is 0 Å². The number of fused-ring (bicyclic) bond motifs is 1. The molecule has 2 aliphatic heterocycles. The summed E-state index contributed by atoms with van der Waals surface area (Å²) in [7, 11) is 0. The zero-order chi connectivity index (χ0) is 21.4. The van der Waals surface area contributed by atoms with E-state index in [-0.39, 0.29) is 11.9 Å². The van der Waals surface area contributed by atoms with E-state index >= 15 is 0 Å². The van der Waals surface area contributed by atoms with Gasteiger partial charge in [-0.05, 0) is 72.1 Å². The molecule has 2 aromatic rings. The molecule has 1 saturated carbocycles. The normalized spacial score (nSPS) is 30.5. The molecule has 2 fully saturated rings. The summed E-state index contributed by atoms with van der Waals surface area (Å²) in [6.07, 6.45) is 6.86. The third kappa shape index (κ3) is 4.43. The van der Waals surface area contributed by atoms with E-state index in [9.17, 15) is 4.79 Å². The molecule has 0 bridgehead atoms. The second kappa shape index (κ2) is 9.00. The van der Waals surface area contributed by atoms with Crippen LogP contribution in [0.3, 0.4) is 0 Å². The summed E-state index contributed by atoms with van der Waals surface area (Å²) in [5, 5.41) is 11.1. The van der Waals surface area contributed by atoms with Crippen molar-refractivity contribution in [2.75, 3.05) is 19.6 Å². The van der Waals surface area contributed by atoms with E-state index in [1.54, 1.807) is 22.7 Å². The molecule has 5 rings (SSSR count). The number of hydrogen-bond donors (Lipinski definition) is 0. The highest BCUT2D eigenvalue weighted by Crippen LogP contribution is 2.45. The van der Waals surface area contributed by atoms with E-state index in [1.807, 2.05) is 5.01 Å². The second-order valence-electron chi connectivity index (χ2n) is 9.51. The van der Waals surface area contributed by atoms with Crippen LogP contribution in [-0.2, 0) is 4.79 Å². The van der Waals surface area contributed by atoms with Gasteiger partial charge in [0.25, 0.3) is 5.91 Å². The summed E-state index contributed by atoms with van der Waals surface area (Å²) >= 11 is 3.52. The molecule has 3 aliphatic rings. The highest BCUT2D eigenvalue weighted by atomic mass is 32.1. The standard InChI is InChI=1S/C25H31N3OS2/c1-17-12-18(2)15-27(14-17)16-23(29)28-25(22-9-5-11-31-22)21-8-3-6-19(24(21)26-28)13-20-7-4-10-30-20/h4-5,7,9-11,13,17-18,21,25H,3,6,8,12,14-16H2,1-2H3. The number of hydrazone groups is 1. The topological polar surface area (TPSA) is 35.9 Å². The Hall–Kier alpha value is -1.76. The van der Waals surface area contributed by atoms with Gasteiger partial charge in [0, 0.05) is 28.8 Å². The summed E-state index contributed by atoms with van der Waals surface area (Å²) in [4.78, 5) is 18.4. The van der Waals surface area contributed by atoms with Gasteiger partial charge < -0.3 is 0 Å². The van der Waals surface area contributed by atoms with E-state index in [1.165, 1.54) is 21.7 Å². The van der Waals surface area contributed by atoms with Crippen molar-refractivity contribution in [2.24, 2.45) is 22.9 Å². The van der Waals surface area contributed by atoms with E-state index in [4.69, 9.17) is 5.10 Å². The average molecular weight is 454 g/mol. The van der Waals surface area contributed by atoms with Crippen molar-refractivity contribution in [1.29, 1.82) is 0 Å². The highest BCUT2D eigenvalue weighted by molar-refractivity contribution is 7.11. The van der Waals surface area contributed by atoms with Gasteiger partial charge in [-0.1, -0.05) is 26.0 Å². The largest absolute Gasteiger partial charge is 0.294 e. The Morgan fingerprint density at radius 2 is 1.94 bits per heavy atom. The summed E-state index contributed by atoms with van der Waals surface area (Å²) < 4.78 is 0. The SMILES string of the molecule is CC1CC(C)CN(CC(=O)N2N=C3C(=Cc4cccs4)CCCC3C2c2cccs2)C1. The van der Waals surface area contributed by atoms with Crippen molar-refractivity contribution in [3.63, 3.8) is 0 Å². The summed E-state index contributed by atoms with van der Waals surface area (Å²) in [5.74, 6) is 1.76. The van der Waals surface area contributed by atoms with Crippen molar-refractivity contribution in [3.05, 3.63) is 50.4 Å². The Labute approximate surface area is 193 Å². The Bertz CT molecular complexity index is 953. The number of hydrogen-bond acceptors (Lipinski definition) is 5. The molecule has 4 heterocycles. The van der Waals surface area contributed by atoms with Crippen LogP contribution in [0.1, 0.15) is 55.3 Å². The Kier molecular flexibility index (Phi) is 6.13. The third-order valence-electron chi connectivity index (χ3n) is 6.75. The molecule has 6 heteroatoms. The quantitative estimate of drug-likeness (QED) is 0.577. The molecule has 2 aromatic heterocycles. The van der Waals surface area contributed by atoms with Crippen LogP contribution < -0.4 is 0 Å². The van der Waals surface area contributed by atoms with Crippen molar-refractivity contribution in [3.8, 4) is 0 Å². The molecular weight excluding hydrogens is 422 g/mol. The minimum Gasteiger partial charge on any atom is -0.294 e. The number of amides is 1. The highest BCUT2D eigenvalue weighted by Gasteiger charge is 2.44. The Morgan fingerprint density at radius 3 is 2.65 bits per heavy atom. The van der Waals surface area contributed by atoms with Gasteiger partial charge in [0.05, 0.1) is 18.3 Å². The smallest absolute Gasteiger partial charge is 0.257 e. The molecule has 1 amide bonds. The van der Waals surface area contributed by atoms with Crippen molar-refractivity contribution >= 4 is 40.4 Å². The molecule has 4 unspecified atom stereocenters. The van der Waals surface area contributed by atoms with E-state index < -0.39 is 0 Å². The number of allylic oxidation sites excluding steroid dienone is 1. The maximum Gasteiger partial charge on any atom is 0.257 e. The summed E-state index contributed by atoms with van der Waals surface area (Å²) in [6, 6.07) is 8.58. The number of likely N-dealkylation sites (tertiary alicyclic amines) is 1. The molecule has 1 saturated heterocycles. The maximum atomic E-state index is 13.6. The Balaban J connectivity index is 1.44. The van der Waals surface area contributed by atoms with Crippen LogP contribution in [0.15, 0.2) is 45.7 Å². The minimum absolute atomic E-state index is 0.0502. The zero-order valence-electron chi connectivity index (χ0n) is 18.4. The first-order valence-electron chi connectivity index (χ1n) is 11.5. The summed E-state index contributed by atoms with van der Waals surface area (Å²) in [6.45, 7) is 7.10. The van der Waals surface area contributed by atoms with Gasteiger partial charge in [0.15, 0.2) is 0 Å². The molecular formula is C25H31N3OS2. The first kappa shape index (κ1) is 21.1. The molecule has 0 spiro atoms. The number of carbonyl (C=O) groups is 1. The van der Waals surface area contributed by atoms with Gasteiger partial charge >= 0.3 is 0 Å². The fraction of sp³-hybridized carbons (Fsp3) is 0.520. The molecule has 164 valence electrons. The van der Waals surface area contributed by atoms with E-state index in [0.29, 0.717) is 24.3 Å². The van der Waals surface area contributed by atoms with Gasteiger partial charge in [-0.15, -0.1) is 22.7 Å². The predicted octanol–water partition coefficient (Wildman–Crippen LogP) is 5.91. The lowest BCUT2D eigenvalue weighted by molar-refractivity contribution is -0.135. The molecule has 4 atom stereocenters. The minimum atomic E-state index is 0.0502. The molecule has 31 heavy (non-hydrogen) atoms. The maximum absolute atomic E-state index is 13.6. The lowest BCUT2D eigenvalue weighted by Gasteiger charge is -2.35. The number of nitrogens with zero attached hydrogens (tertiary/aromatic N) is 3. The fourth-order valence-electron chi connectivity index (χ4n) is 5.68. The lowest BCUT2D eigenvalue weighted by Crippen LogP contribution is -2.45. The predicted molar refractivity (Wildman–Crippen MR) is 130 cm³/mol. The third-order valence-corrected chi connectivity index (χ3v) is 8.52. The molecule has 0 radical (unpaired) electrons. The van der Waals surface area contributed by atoms with E-state index in [2.05, 4.69) is 59.8 Å². The monoisotopic (exact) mass is 453 g/mol. The molecule has 0 aromatic carbocycles. The fourth-order valence-corrected chi connectivity index (χ4v) is 7.23. The van der Waals surface area contributed by atoms with Crippen LogP contribution in [-0.4, -0.2) is 41.2 Å². The lowest BCUT2D eigenvalue weighted by atomic mass is 9.79. The van der Waals surface area contributed by atoms with Gasteiger partial charge in [-0.3, -0.25) is 9.69 Å². The number of thiophene rings is 2. The van der Waals surface area contributed by atoms with Crippen LogP contribution in [0.4, 0.5) is 0 Å². The van der Waals surface area contributed by atoms with Crippen molar-refractivity contribution in [2.45, 2.75) is 45.6 Å². The van der Waals surface area contributed by atoms with Crippen LogP contribution >= 0.6 is 22.7 Å². The van der Waals surface area contributed by atoms with Gasteiger partial charge in [-0.25, -0.2) is 5.01 Å². The number of rotatable bonds is 4. The average Bonchev–Trinajstić information content (AvgIpc) is 3.48.